The summed E-state index contributed by atoms with van der Waals surface area (Å²) in [4.78, 5) is 9.69. The van der Waals surface area contributed by atoms with Crippen molar-refractivity contribution >= 4 is 16.0 Å². The largest absolute Gasteiger partial charge is 0.480 e. The van der Waals surface area contributed by atoms with Gasteiger partial charge < -0.3 is 5.11 Å². The molecule has 0 unspecified atom stereocenters. The predicted molar refractivity (Wildman–Crippen MR) is 59.0 cm³/mol. The summed E-state index contributed by atoms with van der Waals surface area (Å²) < 4.78 is 62.6. The Labute approximate surface area is 107 Å². The smallest absolute Gasteiger partial charge is 0.416 e. The summed E-state index contributed by atoms with van der Waals surface area (Å²) in [5.74, 6) is -1.44. The van der Waals surface area contributed by atoms with Crippen LogP contribution < -0.4 is 4.72 Å². The van der Waals surface area contributed by atoms with Gasteiger partial charge in [0.1, 0.15) is 6.54 Å². The maximum absolute atomic E-state index is 12.5. The van der Waals surface area contributed by atoms with E-state index in [4.69, 9.17) is 5.11 Å². The first-order valence-electron chi connectivity index (χ1n) is 4.93. The number of carboxylic acids is 1. The first kappa shape index (κ1) is 15.4. The van der Waals surface area contributed by atoms with E-state index in [-0.39, 0.29) is 5.56 Å². The van der Waals surface area contributed by atoms with Crippen molar-refractivity contribution in [3.63, 3.8) is 0 Å². The van der Waals surface area contributed by atoms with Crippen molar-refractivity contribution in [2.45, 2.75) is 18.0 Å². The van der Waals surface area contributed by atoms with Gasteiger partial charge in [0, 0.05) is 0 Å². The van der Waals surface area contributed by atoms with Crippen LogP contribution in [0.1, 0.15) is 11.1 Å². The van der Waals surface area contributed by atoms with Crippen molar-refractivity contribution in [1.29, 1.82) is 0 Å². The van der Waals surface area contributed by atoms with Crippen molar-refractivity contribution < 1.29 is 31.5 Å². The molecule has 0 aliphatic carbocycles. The van der Waals surface area contributed by atoms with Gasteiger partial charge in [0.2, 0.25) is 10.0 Å². The highest BCUT2D eigenvalue weighted by atomic mass is 32.2. The molecule has 0 saturated carbocycles. The van der Waals surface area contributed by atoms with Gasteiger partial charge in [0.15, 0.2) is 0 Å². The Morgan fingerprint density at radius 3 is 2.42 bits per heavy atom. The average molecular weight is 297 g/mol. The molecule has 0 amide bonds. The molecule has 9 heteroatoms. The zero-order chi connectivity index (χ0) is 14.8. The molecule has 106 valence electrons. The van der Waals surface area contributed by atoms with E-state index in [0.29, 0.717) is 6.07 Å². The lowest BCUT2D eigenvalue weighted by Crippen LogP contribution is -2.30. The third-order valence-corrected chi connectivity index (χ3v) is 3.76. The molecule has 0 spiro atoms. The molecular formula is C10H10F3NO4S. The average Bonchev–Trinajstić information content (AvgIpc) is 2.25. The fraction of sp³-hybridized carbons (Fsp3) is 0.300. The zero-order valence-corrected chi connectivity index (χ0v) is 10.5. The van der Waals surface area contributed by atoms with Crippen LogP contribution in [-0.4, -0.2) is 26.0 Å². The molecule has 0 aromatic heterocycles. The molecule has 5 nitrogen and oxygen atoms in total. The molecule has 0 bridgehead atoms. The Hall–Kier alpha value is -1.61. The Bertz CT molecular complexity index is 595. The topological polar surface area (TPSA) is 83.5 Å². The minimum Gasteiger partial charge on any atom is -0.480 e. The molecule has 1 aromatic rings. The van der Waals surface area contributed by atoms with E-state index in [0.717, 1.165) is 12.1 Å². The van der Waals surface area contributed by atoms with Gasteiger partial charge in [0.05, 0.1) is 10.5 Å². The second-order valence-corrected chi connectivity index (χ2v) is 5.43. The highest BCUT2D eigenvalue weighted by molar-refractivity contribution is 7.89. The molecule has 0 saturated heterocycles. The van der Waals surface area contributed by atoms with Crippen LogP contribution in [0.15, 0.2) is 23.1 Å². The van der Waals surface area contributed by atoms with Crippen molar-refractivity contribution in [1.82, 2.24) is 4.72 Å². The summed E-state index contributed by atoms with van der Waals surface area (Å²) >= 11 is 0. The summed E-state index contributed by atoms with van der Waals surface area (Å²) in [5.41, 5.74) is -1.03. The molecule has 0 atom stereocenters. The number of nitrogens with one attached hydrogen (secondary N) is 1. The van der Waals surface area contributed by atoms with Crippen molar-refractivity contribution in [2.24, 2.45) is 0 Å². The van der Waals surface area contributed by atoms with E-state index in [1.54, 1.807) is 4.72 Å². The quantitative estimate of drug-likeness (QED) is 0.879. The van der Waals surface area contributed by atoms with Crippen LogP contribution in [0.2, 0.25) is 0 Å². The SMILES string of the molecule is Cc1ccc(C(F)(F)F)cc1S(=O)(=O)NCC(=O)O. The van der Waals surface area contributed by atoms with Gasteiger partial charge in [-0.1, -0.05) is 6.07 Å². The number of benzene rings is 1. The second-order valence-electron chi connectivity index (χ2n) is 3.70. The highest BCUT2D eigenvalue weighted by Crippen LogP contribution is 2.31. The molecule has 1 rings (SSSR count). The van der Waals surface area contributed by atoms with E-state index in [1.165, 1.54) is 6.92 Å². The Balaban J connectivity index is 3.22. The van der Waals surface area contributed by atoms with Gasteiger partial charge in [-0.2, -0.15) is 17.9 Å². The van der Waals surface area contributed by atoms with Crippen LogP contribution in [-0.2, 0) is 21.0 Å². The van der Waals surface area contributed by atoms with Crippen LogP contribution in [0.4, 0.5) is 13.2 Å². The van der Waals surface area contributed by atoms with Crippen molar-refractivity contribution in [3.8, 4) is 0 Å². The lowest BCUT2D eigenvalue weighted by Gasteiger charge is -2.12. The second kappa shape index (κ2) is 5.17. The molecular weight excluding hydrogens is 287 g/mol. The maximum atomic E-state index is 12.5. The first-order chi connectivity index (χ1) is 8.54. The summed E-state index contributed by atoms with van der Waals surface area (Å²) in [6.07, 6.45) is -4.68. The number of alkyl halides is 3. The fourth-order valence-corrected chi connectivity index (χ4v) is 2.54. The third kappa shape index (κ3) is 3.93. The van der Waals surface area contributed by atoms with Crippen LogP contribution in [0, 0.1) is 6.92 Å². The van der Waals surface area contributed by atoms with Crippen LogP contribution in [0.3, 0.4) is 0 Å². The molecule has 1 aromatic carbocycles. The van der Waals surface area contributed by atoms with E-state index < -0.39 is 39.2 Å². The normalized spacial score (nSPS) is 12.4. The number of rotatable bonds is 4. The Kier molecular flexibility index (Phi) is 4.21. The van der Waals surface area contributed by atoms with Gasteiger partial charge in [-0.3, -0.25) is 4.79 Å². The van der Waals surface area contributed by atoms with Gasteiger partial charge in [0.25, 0.3) is 0 Å². The molecule has 0 radical (unpaired) electrons. The number of carbonyl (C=O) groups is 1. The predicted octanol–water partition coefficient (Wildman–Crippen LogP) is 1.38. The highest BCUT2D eigenvalue weighted by Gasteiger charge is 2.32. The number of halogens is 3. The van der Waals surface area contributed by atoms with E-state index in [2.05, 4.69) is 0 Å². The molecule has 0 aliphatic heterocycles. The lowest BCUT2D eigenvalue weighted by molar-refractivity contribution is -0.138. The maximum Gasteiger partial charge on any atom is 0.416 e. The van der Waals surface area contributed by atoms with E-state index >= 15 is 0 Å². The monoisotopic (exact) mass is 297 g/mol. The van der Waals surface area contributed by atoms with Crippen molar-refractivity contribution in [2.75, 3.05) is 6.54 Å². The first-order valence-corrected chi connectivity index (χ1v) is 6.41. The number of hydrogen-bond acceptors (Lipinski definition) is 3. The number of aryl methyl sites for hydroxylation is 1. The lowest BCUT2D eigenvalue weighted by atomic mass is 10.1. The van der Waals surface area contributed by atoms with Gasteiger partial charge in [-0.25, -0.2) is 8.42 Å². The molecule has 2 N–H and O–H groups in total. The summed E-state index contributed by atoms with van der Waals surface area (Å²) in [5, 5.41) is 8.37. The standard InChI is InChI=1S/C10H10F3NO4S/c1-6-2-3-7(10(11,12)13)4-8(6)19(17,18)14-5-9(15)16/h2-4,14H,5H2,1H3,(H,15,16). The molecule has 19 heavy (non-hydrogen) atoms. The van der Waals surface area contributed by atoms with E-state index in [9.17, 15) is 26.4 Å². The Morgan fingerprint density at radius 2 is 1.95 bits per heavy atom. The molecule has 0 heterocycles. The number of sulfonamides is 1. The molecule has 0 fully saturated rings. The summed E-state index contributed by atoms with van der Waals surface area (Å²) in [7, 11) is -4.30. The third-order valence-electron chi connectivity index (χ3n) is 2.22. The zero-order valence-electron chi connectivity index (χ0n) is 9.65. The number of hydrogen-bond donors (Lipinski definition) is 2. The fourth-order valence-electron chi connectivity index (χ4n) is 1.30. The van der Waals surface area contributed by atoms with Crippen LogP contribution in [0.25, 0.3) is 0 Å². The van der Waals surface area contributed by atoms with Crippen molar-refractivity contribution in [3.05, 3.63) is 29.3 Å². The summed E-state index contributed by atoms with van der Waals surface area (Å²) in [6, 6.07) is 2.24. The summed E-state index contributed by atoms with van der Waals surface area (Å²) in [6.45, 7) is 0.410. The van der Waals surface area contributed by atoms with Crippen LogP contribution >= 0.6 is 0 Å². The minimum atomic E-state index is -4.68. The van der Waals surface area contributed by atoms with Gasteiger partial charge in [-0.05, 0) is 24.6 Å². The minimum absolute atomic E-state index is 0.0888. The number of aliphatic carboxylic acids is 1. The Morgan fingerprint density at radius 1 is 1.37 bits per heavy atom. The molecule has 0 aliphatic rings. The number of carboxylic acid groups (broad SMARTS) is 1. The van der Waals surface area contributed by atoms with Gasteiger partial charge >= 0.3 is 12.1 Å². The van der Waals surface area contributed by atoms with E-state index in [1.807, 2.05) is 0 Å². The van der Waals surface area contributed by atoms with Crippen LogP contribution in [0.5, 0.6) is 0 Å². The van der Waals surface area contributed by atoms with Gasteiger partial charge in [-0.15, -0.1) is 0 Å².